The van der Waals surface area contributed by atoms with Gasteiger partial charge in [0.15, 0.2) is 0 Å². The Bertz CT molecular complexity index is 298. The Kier molecular flexibility index (Phi) is 4.88. The molecule has 0 spiro atoms. The molecule has 0 radical (unpaired) electrons. The summed E-state index contributed by atoms with van der Waals surface area (Å²) in [6, 6.07) is 0. The third kappa shape index (κ3) is 4.20. The summed E-state index contributed by atoms with van der Waals surface area (Å²) in [5.74, 6) is 1.60. The van der Waals surface area contributed by atoms with Gasteiger partial charge >= 0.3 is 0 Å². The van der Waals surface area contributed by atoms with Gasteiger partial charge < -0.3 is 10.2 Å². The standard InChI is InChI=1S/C16H30N2O/c1-13(14-5-4-8-17-12-14)11-15(19)18-9-6-16(2,3)7-10-18/h13-14,17H,4-12H2,1-3H3. The molecule has 2 aliphatic rings. The minimum atomic E-state index is 0.383. The maximum absolute atomic E-state index is 12.4. The van der Waals surface area contributed by atoms with Crippen LogP contribution < -0.4 is 5.32 Å². The Hall–Kier alpha value is -0.570. The normalized spacial score (nSPS) is 29.0. The van der Waals surface area contributed by atoms with Gasteiger partial charge in [-0.3, -0.25) is 4.79 Å². The lowest BCUT2D eigenvalue weighted by molar-refractivity contribution is -0.134. The van der Waals surface area contributed by atoms with Gasteiger partial charge in [-0.05, 0) is 56.0 Å². The highest BCUT2D eigenvalue weighted by Crippen LogP contribution is 2.31. The Balaban J connectivity index is 1.77. The van der Waals surface area contributed by atoms with E-state index >= 15 is 0 Å². The maximum Gasteiger partial charge on any atom is 0.222 e. The van der Waals surface area contributed by atoms with Crippen molar-refractivity contribution in [3.8, 4) is 0 Å². The number of likely N-dealkylation sites (tertiary alicyclic amines) is 1. The Morgan fingerprint density at radius 2 is 2.05 bits per heavy atom. The lowest BCUT2D eigenvalue weighted by atomic mass is 9.82. The van der Waals surface area contributed by atoms with Crippen molar-refractivity contribution < 1.29 is 4.79 Å². The molecule has 2 atom stereocenters. The van der Waals surface area contributed by atoms with Crippen molar-refractivity contribution in [3.05, 3.63) is 0 Å². The molecule has 0 aliphatic carbocycles. The number of nitrogens with zero attached hydrogens (tertiary/aromatic N) is 1. The molecule has 0 aromatic rings. The number of nitrogens with one attached hydrogen (secondary N) is 1. The first-order valence-corrected chi connectivity index (χ1v) is 7.96. The molecule has 2 unspecified atom stereocenters. The SMILES string of the molecule is CC(CC(=O)N1CCC(C)(C)CC1)C1CCCNC1. The van der Waals surface area contributed by atoms with Crippen molar-refractivity contribution in [3.63, 3.8) is 0 Å². The van der Waals surface area contributed by atoms with Crippen LogP contribution >= 0.6 is 0 Å². The summed E-state index contributed by atoms with van der Waals surface area (Å²) in [7, 11) is 0. The molecule has 2 heterocycles. The van der Waals surface area contributed by atoms with Gasteiger partial charge in [0.05, 0.1) is 0 Å². The summed E-state index contributed by atoms with van der Waals surface area (Å²) in [4.78, 5) is 14.5. The number of carbonyl (C=O) groups excluding carboxylic acids is 1. The highest BCUT2D eigenvalue weighted by atomic mass is 16.2. The Labute approximate surface area is 118 Å². The van der Waals surface area contributed by atoms with Crippen LogP contribution in [0.3, 0.4) is 0 Å². The fourth-order valence-corrected chi connectivity index (χ4v) is 3.30. The van der Waals surface area contributed by atoms with Gasteiger partial charge in [0.1, 0.15) is 0 Å². The second kappa shape index (κ2) is 6.25. The summed E-state index contributed by atoms with van der Waals surface area (Å²) in [6.07, 6.45) is 5.60. The average Bonchev–Trinajstić information content (AvgIpc) is 2.39. The molecule has 1 amide bonds. The van der Waals surface area contributed by atoms with Crippen LogP contribution in [0.4, 0.5) is 0 Å². The van der Waals surface area contributed by atoms with Gasteiger partial charge in [0.25, 0.3) is 0 Å². The van der Waals surface area contributed by atoms with Crippen LogP contribution in [-0.4, -0.2) is 37.0 Å². The fraction of sp³-hybridized carbons (Fsp3) is 0.938. The quantitative estimate of drug-likeness (QED) is 0.852. The zero-order valence-corrected chi connectivity index (χ0v) is 12.9. The molecule has 2 fully saturated rings. The van der Waals surface area contributed by atoms with Crippen LogP contribution in [-0.2, 0) is 4.79 Å². The van der Waals surface area contributed by atoms with Crippen molar-refractivity contribution >= 4 is 5.91 Å². The van der Waals surface area contributed by atoms with Crippen molar-refractivity contribution in [2.24, 2.45) is 17.3 Å². The zero-order chi connectivity index (χ0) is 13.9. The van der Waals surface area contributed by atoms with E-state index in [1.165, 1.54) is 12.8 Å². The largest absolute Gasteiger partial charge is 0.343 e. The Morgan fingerprint density at radius 1 is 1.37 bits per heavy atom. The van der Waals surface area contributed by atoms with E-state index in [1.807, 2.05) is 0 Å². The summed E-state index contributed by atoms with van der Waals surface area (Å²) in [6.45, 7) is 11.0. The van der Waals surface area contributed by atoms with E-state index in [9.17, 15) is 4.79 Å². The molecular formula is C16H30N2O. The summed E-state index contributed by atoms with van der Waals surface area (Å²) in [5.41, 5.74) is 0.426. The number of piperidine rings is 2. The molecular weight excluding hydrogens is 236 g/mol. The van der Waals surface area contributed by atoms with Gasteiger partial charge in [0, 0.05) is 19.5 Å². The molecule has 3 heteroatoms. The maximum atomic E-state index is 12.4. The van der Waals surface area contributed by atoms with Crippen molar-refractivity contribution in [2.75, 3.05) is 26.2 Å². The molecule has 0 saturated carbocycles. The molecule has 0 aromatic carbocycles. The first-order chi connectivity index (χ1) is 8.98. The predicted octanol–water partition coefficient (Wildman–Crippen LogP) is 2.66. The molecule has 2 saturated heterocycles. The molecule has 0 aromatic heterocycles. The van der Waals surface area contributed by atoms with Gasteiger partial charge in [-0.25, -0.2) is 0 Å². The number of rotatable bonds is 3. The van der Waals surface area contributed by atoms with E-state index in [4.69, 9.17) is 0 Å². The summed E-state index contributed by atoms with van der Waals surface area (Å²) >= 11 is 0. The van der Waals surface area contributed by atoms with Crippen LogP contribution in [0.15, 0.2) is 0 Å². The molecule has 19 heavy (non-hydrogen) atoms. The molecule has 0 bridgehead atoms. The van der Waals surface area contributed by atoms with Gasteiger partial charge in [-0.1, -0.05) is 20.8 Å². The zero-order valence-electron chi connectivity index (χ0n) is 12.9. The van der Waals surface area contributed by atoms with Crippen molar-refractivity contribution in [1.29, 1.82) is 0 Å². The smallest absolute Gasteiger partial charge is 0.222 e. The third-order valence-corrected chi connectivity index (χ3v) is 5.11. The van der Waals surface area contributed by atoms with Crippen molar-refractivity contribution in [2.45, 2.75) is 52.9 Å². The third-order valence-electron chi connectivity index (χ3n) is 5.11. The van der Waals surface area contributed by atoms with Gasteiger partial charge in [-0.2, -0.15) is 0 Å². The van der Waals surface area contributed by atoms with Crippen LogP contribution in [0.1, 0.15) is 52.9 Å². The van der Waals surface area contributed by atoms with E-state index in [1.54, 1.807) is 0 Å². The van der Waals surface area contributed by atoms with Crippen LogP contribution in [0.5, 0.6) is 0 Å². The molecule has 3 nitrogen and oxygen atoms in total. The Morgan fingerprint density at radius 3 is 2.63 bits per heavy atom. The minimum absolute atomic E-state index is 0.383. The lowest BCUT2D eigenvalue weighted by Gasteiger charge is -2.38. The number of carbonyl (C=O) groups is 1. The highest BCUT2D eigenvalue weighted by Gasteiger charge is 2.29. The molecule has 1 N–H and O–H groups in total. The van der Waals surface area contributed by atoms with Crippen LogP contribution in [0.2, 0.25) is 0 Å². The molecule has 2 aliphatic heterocycles. The first-order valence-electron chi connectivity index (χ1n) is 7.96. The number of amides is 1. The monoisotopic (exact) mass is 266 g/mol. The molecule has 110 valence electrons. The highest BCUT2D eigenvalue weighted by molar-refractivity contribution is 5.76. The van der Waals surface area contributed by atoms with E-state index in [0.29, 0.717) is 23.2 Å². The van der Waals surface area contributed by atoms with Gasteiger partial charge in [0.2, 0.25) is 5.91 Å². The van der Waals surface area contributed by atoms with E-state index in [2.05, 4.69) is 31.0 Å². The summed E-state index contributed by atoms with van der Waals surface area (Å²) < 4.78 is 0. The number of hydrogen-bond donors (Lipinski definition) is 1. The van der Waals surface area contributed by atoms with Crippen LogP contribution in [0.25, 0.3) is 0 Å². The van der Waals surface area contributed by atoms with E-state index in [0.717, 1.165) is 45.4 Å². The summed E-state index contributed by atoms with van der Waals surface area (Å²) in [5, 5.41) is 3.45. The van der Waals surface area contributed by atoms with E-state index in [-0.39, 0.29) is 0 Å². The van der Waals surface area contributed by atoms with Gasteiger partial charge in [-0.15, -0.1) is 0 Å². The van der Waals surface area contributed by atoms with E-state index < -0.39 is 0 Å². The number of hydrogen-bond acceptors (Lipinski definition) is 2. The second-order valence-electron chi connectivity index (χ2n) is 7.33. The lowest BCUT2D eigenvalue weighted by Crippen LogP contribution is -2.42. The fourth-order valence-electron chi connectivity index (χ4n) is 3.30. The van der Waals surface area contributed by atoms with Crippen molar-refractivity contribution in [1.82, 2.24) is 10.2 Å². The topological polar surface area (TPSA) is 32.3 Å². The molecule has 2 rings (SSSR count). The second-order valence-corrected chi connectivity index (χ2v) is 7.33. The predicted molar refractivity (Wildman–Crippen MR) is 79.0 cm³/mol. The minimum Gasteiger partial charge on any atom is -0.343 e. The first kappa shape index (κ1) is 14.8. The van der Waals surface area contributed by atoms with Crippen LogP contribution in [0, 0.1) is 17.3 Å². The average molecular weight is 266 g/mol.